The standard InChI is InChI=1S/C25H26N4O3S/c30-25(20-10-6-11-21(18-20)29-16-4-5-17-33(29,31)32)28-15-7-12-23(28)22-13-14-26-24(27-22)19-8-2-1-3-9-19/h1-3,6,8-11,13-14,18,23H,4-5,7,12,15-17H2/t23-/m0/s1. The van der Waals surface area contributed by atoms with Crippen LogP contribution < -0.4 is 4.31 Å². The number of rotatable bonds is 4. The van der Waals surface area contributed by atoms with Gasteiger partial charge in [0.25, 0.3) is 5.91 Å². The summed E-state index contributed by atoms with van der Waals surface area (Å²) < 4.78 is 26.5. The first kappa shape index (κ1) is 21.6. The predicted molar refractivity (Wildman–Crippen MR) is 127 cm³/mol. The van der Waals surface area contributed by atoms with Gasteiger partial charge in [0.15, 0.2) is 5.82 Å². The van der Waals surface area contributed by atoms with E-state index in [1.807, 2.05) is 41.3 Å². The maximum atomic E-state index is 13.5. The fraction of sp³-hybridized carbons (Fsp3) is 0.320. The highest BCUT2D eigenvalue weighted by molar-refractivity contribution is 7.92. The third-order valence-corrected chi connectivity index (χ3v) is 8.16. The molecule has 170 valence electrons. The first-order chi connectivity index (χ1) is 16.0. The summed E-state index contributed by atoms with van der Waals surface area (Å²) in [5, 5.41) is 0. The molecule has 1 atom stereocenters. The SMILES string of the molecule is O=C(c1cccc(N2CCCCS2(=O)=O)c1)N1CCC[C@H]1c1ccnc(-c2ccccc2)n1. The summed E-state index contributed by atoms with van der Waals surface area (Å²) in [6.07, 6.45) is 4.96. The van der Waals surface area contributed by atoms with Crippen LogP contribution in [0.5, 0.6) is 0 Å². The van der Waals surface area contributed by atoms with E-state index in [1.165, 1.54) is 4.31 Å². The Kier molecular flexibility index (Phi) is 5.85. The van der Waals surface area contributed by atoms with Crippen molar-refractivity contribution in [3.63, 3.8) is 0 Å². The van der Waals surface area contributed by atoms with Gasteiger partial charge in [0.2, 0.25) is 10.0 Å². The van der Waals surface area contributed by atoms with Crippen LogP contribution >= 0.6 is 0 Å². The average Bonchev–Trinajstić information content (AvgIpc) is 3.34. The highest BCUT2D eigenvalue weighted by Gasteiger charge is 2.33. The Balaban J connectivity index is 1.42. The molecule has 0 spiro atoms. The smallest absolute Gasteiger partial charge is 0.254 e. The monoisotopic (exact) mass is 462 g/mol. The van der Waals surface area contributed by atoms with Crippen LogP contribution in [0.25, 0.3) is 11.4 Å². The van der Waals surface area contributed by atoms with Gasteiger partial charge in [0.05, 0.1) is 23.2 Å². The number of sulfonamides is 1. The van der Waals surface area contributed by atoms with Crippen molar-refractivity contribution < 1.29 is 13.2 Å². The number of nitrogens with zero attached hydrogens (tertiary/aromatic N) is 4. The van der Waals surface area contributed by atoms with Crippen LogP contribution in [0.1, 0.15) is 47.8 Å². The second-order valence-corrected chi connectivity index (χ2v) is 10.5. The molecule has 1 amide bonds. The molecule has 2 saturated heterocycles. The lowest BCUT2D eigenvalue weighted by molar-refractivity contribution is 0.0733. The zero-order valence-corrected chi connectivity index (χ0v) is 19.1. The van der Waals surface area contributed by atoms with Crippen molar-refractivity contribution in [1.82, 2.24) is 14.9 Å². The summed E-state index contributed by atoms with van der Waals surface area (Å²) in [5.41, 5.74) is 2.82. The first-order valence-corrected chi connectivity index (χ1v) is 12.9. The molecule has 0 aliphatic carbocycles. The van der Waals surface area contributed by atoms with Crippen LogP contribution in [-0.2, 0) is 10.0 Å². The van der Waals surface area contributed by atoms with E-state index in [2.05, 4.69) is 4.98 Å². The van der Waals surface area contributed by atoms with Crippen molar-refractivity contribution in [2.45, 2.75) is 31.7 Å². The van der Waals surface area contributed by atoms with Crippen LogP contribution in [0.4, 0.5) is 5.69 Å². The Morgan fingerprint density at radius 1 is 0.939 bits per heavy atom. The predicted octanol–water partition coefficient (Wildman–Crippen LogP) is 4.05. The van der Waals surface area contributed by atoms with E-state index in [1.54, 1.807) is 30.5 Å². The van der Waals surface area contributed by atoms with E-state index >= 15 is 0 Å². The second-order valence-electron chi connectivity index (χ2n) is 8.47. The normalized spacial score (nSPS) is 20.1. The molecule has 2 fully saturated rings. The maximum Gasteiger partial charge on any atom is 0.254 e. The Hall–Kier alpha value is -3.26. The maximum absolute atomic E-state index is 13.5. The average molecular weight is 463 g/mol. The molecule has 0 saturated carbocycles. The summed E-state index contributed by atoms with van der Waals surface area (Å²) in [6.45, 7) is 1.09. The quantitative estimate of drug-likeness (QED) is 0.584. The molecule has 0 N–H and O–H groups in total. The van der Waals surface area contributed by atoms with E-state index in [9.17, 15) is 13.2 Å². The summed E-state index contributed by atoms with van der Waals surface area (Å²) in [5.74, 6) is 0.690. The van der Waals surface area contributed by atoms with Gasteiger partial charge in [-0.25, -0.2) is 18.4 Å². The number of likely N-dealkylation sites (tertiary alicyclic amines) is 1. The molecule has 7 nitrogen and oxygen atoms in total. The van der Waals surface area contributed by atoms with E-state index in [-0.39, 0.29) is 17.7 Å². The summed E-state index contributed by atoms with van der Waals surface area (Å²) in [6, 6.07) is 18.5. The van der Waals surface area contributed by atoms with Crippen molar-refractivity contribution in [3.05, 3.63) is 78.1 Å². The highest BCUT2D eigenvalue weighted by atomic mass is 32.2. The third-order valence-electron chi connectivity index (χ3n) is 6.29. The minimum absolute atomic E-state index is 0.103. The summed E-state index contributed by atoms with van der Waals surface area (Å²) >= 11 is 0. The number of carbonyl (C=O) groups excluding carboxylic acids is 1. The minimum Gasteiger partial charge on any atom is -0.330 e. The van der Waals surface area contributed by atoms with Gasteiger partial charge in [0, 0.05) is 30.4 Å². The van der Waals surface area contributed by atoms with Gasteiger partial charge < -0.3 is 4.90 Å². The van der Waals surface area contributed by atoms with E-state index in [0.29, 0.717) is 36.6 Å². The fourth-order valence-electron chi connectivity index (χ4n) is 4.64. The molecule has 0 unspecified atom stereocenters. The van der Waals surface area contributed by atoms with Crippen molar-refractivity contribution >= 4 is 21.6 Å². The molecule has 3 aromatic rings. The molecule has 2 aliphatic rings. The van der Waals surface area contributed by atoms with Crippen LogP contribution in [-0.4, -0.2) is 48.0 Å². The Morgan fingerprint density at radius 3 is 2.61 bits per heavy atom. The zero-order chi connectivity index (χ0) is 22.8. The highest BCUT2D eigenvalue weighted by Crippen LogP contribution is 2.33. The van der Waals surface area contributed by atoms with Gasteiger partial charge >= 0.3 is 0 Å². The van der Waals surface area contributed by atoms with Crippen molar-refractivity contribution in [3.8, 4) is 11.4 Å². The molecular weight excluding hydrogens is 436 g/mol. The van der Waals surface area contributed by atoms with Crippen LogP contribution in [0, 0.1) is 0 Å². The zero-order valence-electron chi connectivity index (χ0n) is 18.3. The van der Waals surface area contributed by atoms with Gasteiger partial charge in [-0.2, -0.15) is 0 Å². The summed E-state index contributed by atoms with van der Waals surface area (Å²) in [4.78, 5) is 24.5. The molecule has 8 heteroatoms. The lowest BCUT2D eigenvalue weighted by Crippen LogP contribution is -2.38. The number of amides is 1. The lowest BCUT2D eigenvalue weighted by Gasteiger charge is -2.29. The van der Waals surface area contributed by atoms with Crippen LogP contribution in [0.15, 0.2) is 66.9 Å². The first-order valence-electron chi connectivity index (χ1n) is 11.3. The largest absolute Gasteiger partial charge is 0.330 e. The second kappa shape index (κ2) is 8.94. The number of hydrogen-bond acceptors (Lipinski definition) is 5. The van der Waals surface area contributed by atoms with Gasteiger partial charge in [-0.05, 0) is 49.9 Å². The molecule has 1 aromatic heterocycles. The number of benzene rings is 2. The van der Waals surface area contributed by atoms with Crippen molar-refractivity contribution in [2.24, 2.45) is 0 Å². The molecule has 33 heavy (non-hydrogen) atoms. The molecule has 3 heterocycles. The van der Waals surface area contributed by atoms with Crippen LogP contribution in [0.3, 0.4) is 0 Å². The van der Waals surface area contributed by atoms with Gasteiger partial charge in [-0.3, -0.25) is 9.10 Å². The van der Waals surface area contributed by atoms with E-state index in [0.717, 1.165) is 30.5 Å². The third kappa shape index (κ3) is 4.35. The Labute approximate surface area is 194 Å². The molecular formula is C25H26N4O3S. The summed E-state index contributed by atoms with van der Waals surface area (Å²) in [7, 11) is -3.33. The van der Waals surface area contributed by atoms with Gasteiger partial charge in [-0.15, -0.1) is 0 Å². The molecule has 0 radical (unpaired) electrons. The molecule has 5 rings (SSSR count). The number of anilines is 1. The van der Waals surface area contributed by atoms with E-state index < -0.39 is 10.0 Å². The Morgan fingerprint density at radius 2 is 1.79 bits per heavy atom. The minimum atomic E-state index is -3.33. The Bertz CT molecular complexity index is 1260. The van der Waals surface area contributed by atoms with Gasteiger partial charge in [-0.1, -0.05) is 36.4 Å². The van der Waals surface area contributed by atoms with E-state index in [4.69, 9.17) is 4.98 Å². The van der Waals surface area contributed by atoms with Crippen molar-refractivity contribution in [1.29, 1.82) is 0 Å². The lowest BCUT2D eigenvalue weighted by atomic mass is 10.1. The topological polar surface area (TPSA) is 83.5 Å². The molecule has 0 bridgehead atoms. The number of aromatic nitrogens is 2. The van der Waals surface area contributed by atoms with Gasteiger partial charge in [0.1, 0.15) is 0 Å². The van der Waals surface area contributed by atoms with Crippen molar-refractivity contribution in [2.75, 3.05) is 23.1 Å². The number of carbonyl (C=O) groups is 1. The van der Waals surface area contributed by atoms with Crippen LogP contribution in [0.2, 0.25) is 0 Å². The molecule has 2 aromatic carbocycles. The fourth-order valence-corrected chi connectivity index (χ4v) is 6.27. The molecule has 2 aliphatic heterocycles. The number of hydrogen-bond donors (Lipinski definition) is 0.